The molecule has 1 heterocycles. The van der Waals surface area contributed by atoms with Crippen molar-refractivity contribution < 1.29 is 0 Å². The molecule has 5 aromatic rings. The number of hydrogen-bond donors (Lipinski definition) is 0. The lowest BCUT2D eigenvalue weighted by Gasteiger charge is -2.33. The van der Waals surface area contributed by atoms with Crippen molar-refractivity contribution in [2.24, 2.45) is 0 Å². The Labute approximate surface area is 205 Å². The topological polar surface area (TPSA) is 12.9 Å². The van der Waals surface area contributed by atoms with Gasteiger partial charge in [-0.3, -0.25) is 0 Å². The molecule has 164 valence electrons. The van der Waals surface area contributed by atoms with Crippen molar-refractivity contribution in [2.75, 3.05) is 0 Å². The van der Waals surface area contributed by atoms with Gasteiger partial charge in [0.05, 0.1) is 16.6 Å². The Kier molecular flexibility index (Phi) is 4.90. The maximum atomic E-state index is 6.33. The fourth-order valence-corrected chi connectivity index (χ4v) is 5.80. The van der Waals surface area contributed by atoms with Crippen LogP contribution >= 0.6 is 11.6 Å². The summed E-state index contributed by atoms with van der Waals surface area (Å²) in [6, 6.07) is 34.2. The number of aromatic nitrogens is 1. The number of halogens is 1. The number of aryl methyl sites for hydroxylation is 1. The molecule has 1 unspecified atom stereocenters. The molecule has 1 aliphatic carbocycles. The molecule has 2 heteroatoms. The van der Waals surface area contributed by atoms with Crippen molar-refractivity contribution in [3.05, 3.63) is 137 Å². The number of fused-ring (bicyclic) bond motifs is 5. The SMILES string of the molecule is C=CCC1(c2ccc(Cl)cc2)c2ccccc2-c2c(-c3ccccc3)nc3ccc(C)cc3c21. The molecule has 1 nitrogen and oxygen atoms in total. The normalized spacial score (nSPS) is 16.3. The quantitative estimate of drug-likeness (QED) is 0.246. The van der Waals surface area contributed by atoms with E-state index in [4.69, 9.17) is 16.6 Å². The number of nitrogens with zero attached hydrogens (tertiary/aromatic N) is 1. The molecule has 0 saturated heterocycles. The zero-order valence-electron chi connectivity index (χ0n) is 19.1. The second-order valence-electron chi connectivity index (χ2n) is 9.05. The third-order valence-corrected chi connectivity index (χ3v) is 7.31. The van der Waals surface area contributed by atoms with Crippen LogP contribution in [-0.4, -0.2) is 4.98 Å². The fraction of sp³-hybridized carbons (Fsp3) is 0.0938. The van der Waals surface area contributed by atoms with Gasteiger partial charge in [-0.15, -0.1) is 6.58 Å². The summed E-state index contributed by atoms with van der Waals surface area (Å²) in [5, 5.41) is 1.94. The lowest BCUT2D eigenvalue weighted by atomic mass is 9.69. The molecule has 0 bridgehead atoms. The minimum absolute atomic E-state index is 0.378. The number of pyridine rings is 1. The average Bonchev–Trinajstić information content (AvgIpc) is 3.16. The van der Waals surface area contributed by atoms with Crippen LogP contribution in [0.5, 0.6) is 0 Å². The molecule has 4 aromatic carbocycles. The minimum atomic E-state index is -0.378. The van der Waals surface area contributed by atoms with E-state index in [1.165, 1.54) is 38.8 Å². The van der Waals surface area contributed by atoms with Crippen LogP contribution in [0.2, 0.25) is 5.02 Å². The van der Waals surface area contributed by atoms with Gasteiger partial charge < -0.3 is 0 Å². The van der Waals surface area contributed by atoms with Crippen molar-refractivity contribution in [3.8, 4) is 22.4 Å². The van der Waals surface area contributed by atoms with E-state index in [1.807, 2.05) is 18.2 Å². The van der Waals surface area contributed by atoms with Crippen LogP contribution in [0.3, 0.4) is 0 Å². The number of benzene rings is 4. The molecule has 1 aliphatic rings. The van der Waals surface area contributed by atoms with Gasteiger partial charge in [-0.2, -0.15) is 0 Å². The van der Waals surface area contributed by atoms with Crippen molar-refractivity contribution in [1.82, 2.24) is 4.98 Å². The highest BCUT2D eigenvalue weighted by atomic mass is 35.5. The van der Waals surface area contributed by atoms with Gasteiger partial charge in [0.1, 0.15) is 0 Å². The van der Waals surface area contributed by atoms with Crippen LogP contribution in [0, 0.1) is 6.92 Å². The van der Waals surface area contributed by atoms with E-state index >= 15 is 0 Å². The Balaban J connectivity index is 1.85. The summed E-state index contributed by atoms with van der Waals surface area (Å²) >= 11 is 6.33. The van der Waals surface area contributed by atoms with Gasteiger partial charge in [-0.05, 0) is 59.9 Å². The van der Waals surface area contributed by atoms with E-state index in [1.54, 1.807) is 0 Å². The second-order valence-corrected chi connectivity index (χ2v) is 9.48. The predicted octanol–water partition coefficient (Wildman–Crippen LogP) is 8.75. The largest absolute Gasteiger partial charge is 0.247 e. The van der Waals surface area contributed by atoms with Gasteiger partial charge in [0, 0.05) is 21.5 Å². The monoisotopic (exact) mass is 457 g/mol. The highest BCUT2D eigenvalue weighted by Crippen LogP contribution is 2.58. The van der Waals surface area contributed by atoms with Gasteiger partial charge in [0.25, 0.3) is 0 Å². The highest BCUT2D eigenvalue weighted by Gasteiger charge is 2.46. The molecule has 0 aliphatic heterocycles. The molecular formula is C32H24ClN. The molecule has 34 heavy (non-hydrogen) atoms. The highest BCUT2D eigenvalue weighted by molar-refractivity contribution is 6.30. The summed E-state index contributed by atoms with van der Waals surface area (Å²) in [5.74, 6) is 0. The van der Waals surface area contributed by atoms with Crippen LogP contribution in [0.4, 0.5) is 0 Å². The van der Waals surface area contributed by atoms with E-state index in [9.17, 15) is 0 Å². The Bertz CT molecular complexity index is 1550. The van der Waals surface area contributed by atoms with Crippen LogP contribution in [0.25, 0.3) is 33.3 Å². The lowest BCUT2D eigenvalue weighted by Crippen LogP contribution is -2.26. The van der Waals surface area contributed by atoms with E-state index < -0.39 is 0 Å². The van der Waals surface area contributed by atoms with Gasteiger partial charge in [-0.25, -0.2) is 4.98 Å². The zero-order valence-corrected chi connectivity index (χ0v) is 19.8. The van der Waals surface area contributed by atoms with E-state index in [2.05, 4.69) is 98.4 Å². The van der Waals surface area contributed by atoms with Crippen molar-refractivity contribution in [2.45, 2.75) is 18.8 Å². The first-order valence-electron chi connectivity index (χ1n) is 11.6. The molecule has 0 spiro atoms. The van der Waals surface area contributed by atoms with Crippen molar-refractivity contribution in [3.63, 3.8) is 0 Å². The van der Waals surface area contributed by atoms with Gasteiger partial charge in [0.15, 0.2) is 0 Å². The Hall–Kier alpha value is -3.68. The van der Waals surface area contributed by atoms with Crippen molar-refractivity contribution >= 4 is 22.5 Å². The first-order chi connectivity index (χ1) is 16.6. The van der Waals surface area contributed by atoms with Crippen LogP contribution in [0.1, 0.15) is 28.7 Å². The molecule has 1 aromatic heterocycles. The maximum absolute atomic E-state index is 6.33. The van der Waals surface area contributed by atoms with E-state index in [0.717, 1.165) is 28.2 Å². The van der Waals surface area contributed by atoms with Crippen LogP contribution in [-0.2, 0) is 5.41 Å². The van der Waals surface area contributed by atoms with Gasteiger partial charge >= 0.3 is 0 Å². The van der Waals surface area contributed by atoms with Gasteiger partial charge in [0.2, 0.25) is 0 Å². The molecule has 0 saturated carbocycles. The number of allylic oxidation sites excluding steroid dienone is 1. The van der Waals surface area contributed by atoms with Crippen molar-refractivity contribution in [1.29, 1.82) is 0 Å². The maximum Gasteiger partial charge on any atom is 0.0791 e. The first kappa shape index (κ1) is 20.9. The summed E-state index contributed by atoms with van der Waals surface area (Å²) in [5.41, 5.74) is 10.3. The fourth-order valence-electron chi connectivity index (χ4n) is 5.68. The summed E-state index contributed by atoms with van der Waals surface area (Å²) in [7, 11) is 0. The molecule has 0 amide bonds. The summed E-state index contributed by atoms with van der Waals surface area (Å²) in [6.07, 6.45) is 2.82. The van der Waals surface area contributed by atoms with E-state index in [-0.39, 0.29) is 5.41 Å². The lowest BCUT2D eigenvalue weighted by molar-refractivity contribution is 0.651. The Morgan fingerprint density at radius 1 is 0.882 bits per heavy atom. The second kappa shape index (κ2) is 7.97. The third-order valence-electron chi connectivity index (χ3n) is 7.06. The van der Waals surface area contributed by atoms with E-state index in [0.29, 0.717) is 0 Å². The molecule has 0 fully saturated rings. The summed E-state index contributed by atoms with van der Waals surface area (Å²) in [4.78, 5) is 5.24. The third kappa shape index (κ3) is 2.97. The number of hydrogen-bond acceptors (Lipinski definition) is 1. The number of rotatable bonds is 4. The molecule has 1 atom stereocenters. The molecule has 0 N–H and O–H groups in total. The smallest absolute Gasteiger partial charge is 0.0791 e. The predicted molar refractivity (Wildman–Crippen MR) is 143 cm³/mol. The molecule has 6 rings (SSSR count). The molecular weight excluding hydrogens is 434 g/mol. The summed E-state index contributed by atoms with van der Waals surface area (Å²) in [6.45, 7) is 6.34. The average molecular weight is 458 g/mol. The van der Waals surface area contributed by atoms with Gasteiger partial charge in [-0.1, -0.05) is 96.0 Å². The standard InChI is InChI=1S/C32H24ClN/c1-3-19-32(23-14-16-24(33)17-15-23)27-12-8-7-11-25(27)29-30(32)26-20-21(2)13-18-28(26)34-31(29)22-9-5-4-6-10-22/h3-18,20H,1,19H2,2H3. The van der Waals surface area contributed by atoms with Crippen LogP contribution in [0.15, 0.2) is 110 Å². The minimum Gasteiger partial charge on any atom is -0.247 e. The zero-order chi connectivity index (χ0) is 23.3. The van der Waals surface area contributed by atoms with Crippen LogP contribution < -0.4 is 0 Å². The Morgan fingerprint density at radius 2 is 1.62 bits per heavy atom. The first-order valence-corrected chi connectivity index (χ1v) is 12.0. The summed E-state index contributed by atoms with van der Waals surface area (Å²) < 4.78 is 0. The Morgan fingerprint density at radius 3 is 2.38 bits per heavy atom. The molecule has 0 radical (unpaired) electrons.